The summed E-state index contributed by atoms with van der Waals surface area (Å²) in [5, 5.41) is 14.3. The zero-order valence-corrected chi connectivity index (χ0v) is 13.0. The Morgan fingerprint density at radius 3 is 2.13 bits per heavy atom. The monoisotopic (exact) mass is 313 g/mol. The maximum Gasteiger partial charge on any atom is 0.335 e. The van der Waals surface area contributed by atoms with Crippen LogP contribution < -0.4 is 15.5 Å². The SMILES string of the molecule is CN(C)c1ccc(NC(=O)NCc2ccc(C(=O)O)cc2)cc1. The van der Waals surface area contributed by atoms with Crippen LogP contribution in [0.25, 0.3) is 0 Å². The Labute approximate surface area is 134 Å². The third-order valence-electron chi connectivity index (χ3n) is 3.30. The summed E-state index contributed by atoms with van der Waals surface area (Å²) in [4.78, 5) is 24.6. The van der Waals surface area contributed by atoms with Crippen molar-refractivity contribution < 1.29 is 14.7 Å². The van der Waals surface area contributed by atoms with Gasteiger partial charge in [-0.15, -0.1) is 0 Å². The second-order valence-electron chi connectivity index (χ2n) is 5.25. The smallest absolute Gasteiger partial charge is 0.335 e. The number of benzene rings is 2. The number of urea groups is 1. The molecule has 6 heteroatoms. The van der Waals surface area contributed by atoms with E-state index >= 15 is 0 Å². The summed E-state index contributed by atoms with van der Waals surface area (Å²) in [7, 11) is 3.90. The molecule has 2 rings (SSSR count). The second kappa shape index (κ2) is 7.31. The van der Waals surface area contributed by atoms with Crippen molar-refractivity contribution in [3.63, 3.8) is 0 Å². The minimum Gasteiger partial charge on any atom is -0.478 e. The molecule has 0 spiro atoms. The van der Waals surface area contributed by atoms with E-state index in [9.17, 15) is 9.59 Å². The number of anilines is 2. The molecular formula is C17H19N3O3. The zero-order valence-electron chi connectivity index (χ0n) is 13.0. The molecule has 2 aromatic rings. The van der Waals surface area contributed by atoms with Gasteiger partial charge in [0.15, 0.2) is 0 Å². The molecule has 2 amide bonds. The van der Waals surface area contributed by atoms with Crippen LogP contribution in [0.2, 0.25) is 0 Å². The first-order valence-corrected chi connectivity index (χ1v) is 7.10. The quantitative estimate of drug-likeness (QED) is 0.793. The van der Waals surface area contributed by atoms with Crippen molar-refractivity contribution in [2.24, 2.45) is 0 Å². The highest BCUT2D eigenvalue weighted by Gasteiger charge is 2.04. The molecule has 0 aromatic heterocycles. The molecule has 0 radical (unpaired) electrons. The molecule has 0 aliphatic carbocycles. The molecule has 2 aromatic carbocycles. The third-order valence-corrected chi connectivity index (χ3v) is 3.30. The van der Waals surface area contributed by atoms with Crippen molar-refractivity contribution in [2.75, 3.05) is 24.3 Å². The number of amides is 2. The molecule has 0 atom stereocenters. The van der Waals surface area contributed by atoms with Crippen LogP contribution in [0.5, 0.6) is 0 Å². The largest absolute Gasteiger partial charge is 0.478 e. The summed E-state index contributed by atoms with van der Waals surface area (Å²) >= 11 is 0. The summed E-state index contributed by atoms with van der Waals surface area (Å²) < 4.78 is 0. The van der Waals surface area contributed by atoms with E-state index in [1.165, 1.54) is 12.1 Å². The zero-order chi connectivity index (χ0) is 16.8. The highest BCUT2D eigenvalue weighted by atomic mass is 16.4. The summed E-state index contributed by atoms with van der Waals surface area (Å²) in [6.45, 7) is 0.321. The highest BCUT2D eigenvalue weighted by Crippen LogP contribution is 2.15. The summed E-state index contributed by atoms with van der Waals surface area (Å²) in [6.07, 6.45) is 0. The first-order valence-electron chi connectivity index (χ1n) is 7.10. The van der Waals surface area contributed by atoms with Gasteiger partial charge in [0.05, 0.1) is 5.56 Å². The van der Waals surface area contributed by atoms with Crippen molar-refractivity contribution in [1.29, 1.82) is 0 Å². The number of carbonyl (C=O) groups is 2. The molecule has 0 fully saturated rings. The minimum atomic E-state index is -0.969. The molecule has 0 heterocycles. The Morgan fingerprint density at radius 1 is 1.00 bits per heavy atom. The lowest BCUT2D eigenvalue weighted by Gasteiger charge is -2.13. The summed E-state index contributed by atoms with van der Waals surface area (Å²) in [5.74, 6) is -0.969. The van der Waals surface area contributed by atoms with E-state index in [2.05, 4.69) is 10.6 Å². The number of carboxylic acid groups (broad SMARTS) is 1. The molecule has 0 aliphatic heterocycles. The van der Waals surface area contributed by atoms with Gasteiger partial charge in [-0.3, -0.25) is 0 Å². The van der Waals surface area contributed by atoms with E-state index < -0.39 is 5.97 Å². The van der Waals surface area contributed by atoms with Gasteiger partial charge < -0.3 is 20.6 Å². The Kier molecular flexibility index (Phi) is 5.19. The van der Waals surface area contributed by atoms with E-state index in [0.717, 1.165) is 11.3 Å². The lowest BCUT2D eigenvalue weighted by Crippen LogP contribution is -2.28. The number of carbonyl (C=O) groups excluding carboxylic acids is 1. The fourth-order valence-electron chi connectivity index (χ4n) is 1.97. The Hall–Kier alpha value is -3.02. The normalized spacial score (nSPS) is 10.0. The molecule has 0 aliphatic rings. The maximum absolute atomic E-state index is 11.9. The first kappa shape index (κ1) is 16.4. The standard InChI is InChI=1S/C17H19N3O3/c1-20(2)15-9-7-14(8-10-15)19-17(23)18-11-12-3-5-13(6-4-12)16(21)22/h3-10H,11H2,1-2H3,(H,21,22)(H2,18,19,23). The van der Waals surface area contributed by atoms with Gasteiger partial charge in [0.1, 0.15) is 0 Å². The van der Waals surface area contributed by atoms with Crippen molar-refractivity contribution >= 4 is 23.4 Å². The third kappa shape index (κ3) is 4.74. The molecule has 0 saturated carbocycles. The minimum absolute atomic E-state index is 0.221. The van der Waals surface area contributed by atoms with Crippen LogP contribution in [0.3, 0.4) is 0 Å². The van der Waals surface area contributed by atoms with Gasteiger partial charge in [0.25, 0.3) is 0 Å². The average Bonchev–Trinajstić information content (AvgIpc) is 2.54. The van der Waals surface area contributed by atoms with Crippen molar-refractivity contribution in [3.8, 4) is 0 Å². The number of aromatic carboxylic acids is 1. The van der Waals surface area contributed by atoms with Crippen LogP contribution in [-0.4, -0.2) is 31.2 Å². The highest BCUT2D eigenvalue weighted by molar-refractivity contribution is 5.89. The fraction of sp³-hybridized carbons (Fsp3) is 0.176. The van der Waals surface area contributed by atoms with Crippen LogP contribution in [0, 0.1) is 0 Å². The van der Waals surface area contributed by atoms with Gasteiger partial charge in [-0.2, -0.15) is 0 Å². The lowest BCUT2D eigenvalue weighted by atomic mass is 10.1. The maximum atomic E-state index is 11.9. The Bertz CT molecular complexity index is 679. The van der Waals surface area contributed by atoms with Gasteiger partial charge in [0.2, 0.25) is 0 Å². The summed E-state index contributed by atoms with van der Waals surface area (Å²) in [5.41, 5.74) is 2.80. The van der Waals surface area contributed by atoms with Gasteiger partial charge in [0, 0.05) is 32.0 Å². The summed E-state index contributed by atoms with van der Waals surface area (Å²) in [6, 6.07) is 13.6. The number of hydrogen-bond acceptors (Lipinski definition) is 3. The van der Waals surface area contributed by atoms with E-state index in [0.29, 0.717) is 12.2 Å². The molecule has 23 heavy (non-hydrogen) atoms. The number of nitrogens with one attached hydrogen (secondary N) is 2. The van der Waals surface area contributed by atoms with Crippen LogP contribution >= 0.6 is 0 Å². The van der Waals surface area contributed by atoms with E-state index in [1.807, 2.05) is 43.3 Å². The van der Waals surface area contributed by atoms with Crippen LogP contribution in [0.1, 0.15) is 15.9 Å². The van der Waals surface area contributed by atoms with E-state index in [4.69, 9.17) is 5.11 Å². The molecular weight excluding hydrogens is 294 g/mol. The van der Waals surface area contributed by atoms with E-state index in [1.54, 1.807) is 12.1 Å². The lowest BCUT2D eigenvalue weighted by molar-refractivity contribution is 0.0697. The number of carboxylic acids is 1. The van der Waals surface area contributed by atoms with Crippen molar-refractivity contribution in [3.05, 3.63) is 59.7 Å². The molecule has 0 saturated heterocycles. The fourth-order valence-corrected chi connectivity index (χ4v) is 1.97. The average molecular weight is 313 g/mol. The molecule has 120 valence electrons. The number of hydrogen-bond donors (Lipinski definition) is 3. The van der Waals surface area contributed by atoms with Crippen molar-refractivity contribution in [1.82, 2.24) is 5.32 Å². The number of nitrogens with zero attached hydrogens (tertiary/aromatic N) is 1. The molecule has 3 N–H and O–H groups in total. The predicted molar refractivity (Wildman–Crippen MR) is 90.0 cm³/mol. The Balaban J connectivity index is 1.86. The molecule has 0 bridgehead atoms. The van der Waals surface area contributed by atoms with Gasteiger partial charge >= 0.3 is 12.0 Å². The van der Waals surface area contributed by atoms with Gasteiger partial charge in [-0.05, 0) is 42.0 Å². The van der Waals surface area contributed by atoms with Crippen LogP contribution in [0.4, 0.5) is 16.2 Å². The topological polar surface area (TPSA) is 81.7 Å². The van der Waals surface area contributed by atoms with E-state index in [-0.39, 0.29) is 11.6 Å². The number of rotatable bonds is 5. The first-order chi connectivity index (χ1) is 11.0. The Morgan fingerprint density at radius 2 is 1.61 bits per heavy atom. The predicted octanol–water partition coefficient (Wildman–Crippen LogP) is 2.77. The van der Waals surface area contributed by atoms with Crippen LogP contribution in [0.15, 0.2) is 48.5 Å². The van der Waals surface area contributed by atoms with Crippen molar-refractivity contribution in [2.45, 2.75) is 6.54 Å². The van der Waals surface area contributed by atoms with Crippen LogP contribution in [-0.2, 0) is 6.54 Å². The van der Waals surface area contributed by atoms with Gasteiger partial charge in [-0.1, -0.05) is 12.1 Å². The molecule has 0 unspecified atom stereocenters. The molecule has 6 nitrogen and oxygen atoms in total. The van der Waals surface area contributed by atoms with Gasteiger partial charge in [-0.25, -0.2) is 9.59 Å². The second-order valence-corrected chi connectivity index (χ2v) is 5.25.